The third-order valence-corrected chi connectivity index (χ3v) is 6.35. The molecule has 2 aromatic carbocycles. The topological polar surface area (TPSA) is 61.9 Å². The molecule has 160 valence electrons. The quantitative estimate of drug-likeness (QED) is 0.681. The lowest BCUT2D eigenvalue weighted by molar-refractivity contribution is -0.115. The number of nitrogens with zero attached hydrogens (tertiary/aromatic N) is 2. The average molecular weight is 448 g/mol. The van der Waals surface area contributed by atoms with Crippen LogP contribution in [0.5, 0.6) is 5.75 Å². The van der Waals surface area contributed by atoms with Crippen molar-refractivity contribution in [3.05, 3.63) is 53.1 Å². The summed E-state index contributed by atoms with van der Waals surface area (Å²) in [5.74, 6) is 0.309. The highest BCUT2D eigenvalue weighted by atomic mass is 35.5. The van der Waals surface area contributed by atoms with Gasteiger partial charge in [0.1, 0.15) is 5.75 Å². The lowest BCUT2D eigenvalue weighted by Gasteiger charge is -2.32. The standard InChI is InChI=1S/C22H26ClN3O3S/c1-15(30-18-7-5-17(23)6-8-18)21(27)24-19-14-16(4-9-20(19)29-3)22(28)26-12-10-25(2)11-13-26/h4-9,14-15H,10-13H2,1-3H3,(H,24,27). The molecule has 6 nitrogen and oxygen atoms in total. The van der Waals surface area contributed by atoms with E-state index in [1.165, 1.54) is 11.8 Å². The van der Waals surface area contributed by atoms with Crippen LogP contribution in [-0.2, 0) is 4.79 Å². The van der Waals surface area contributed by atoms with Crippen LogP contribution in [0.25, 0.3) is 0 Å². The predicted octanol–water partition coefficient (Wildman–Crippen LogP) is 3.86. The number of halogens is 1. The Morgan fingerprint density at radius 1 is 1.10 bits per heavy atom. The van der Waals surface area contributed by atoms with E-state index in [4.69, 9.17) is 16.3 Å². The van der Waals surface area contributed by atoms with Crippen molar-refractivity contribution in [2.75, 3.05) is 45.7 Å². The number of benzene rings is 2. The molecule has 1 unspecified atom stereocenters. The van der Waals surface area contributed by atoms with Crippen molar-refractivity contribution >= 4 is 40.9 Å². The molecular formula is C22H26ClN3O3S. The summed E-state index contributed by atoms with van der Waals surface area (Å²) in [5, 5.41) is 3.22. The molecule has 1 aliphatic rings. The predicted molar refractivity (Wildman–Crippen MR) is 122 cm³/mol. The van der Waals surface area contributed by atoms with Gasteiger partial charge in [-0.05, 0) is 56.4 Å². The van der Waals surface area contributed by atoms with Gasteiger partial charge in [-0.1, -0.05) is 11.6 Å². The Morgan fingerprint density at radius 2 is 1.77 bits per heavy atom. The molecule has 1 heterocycles. The summed E-state index contributed by atoms with van der Waals surface area (Å²) in [5.41, 5.74) is 1.03. The first-order valence-corrected chi connectivity index (χ1v) is 11.0. The van der Waals surface area contributed by atoms with Gasteiger partial charge in [-0.3, -0.25) is 9.59 Å². The van der Waals surface area contributed by atoms with Crippen LogP contribution < -0.4 is 10.1 Å². The Labute approximate surface area is 186 Å². The number of hydrogen-bond donors (Lipinski definition) is 1. The van der Waals surface area contributed by atoms with E-state index >= 15 is 0 Å². The van der Waals surface area contributed by atoms with Gasteiger partial charge in [0.05, 0.1) is 18.0 Å². The van der Waals surface area contributed by atoms with Crippen molar-refractivity contribution in [1.82, 2.24) is 9.80 Å². The maximum atomic E-state index is 12.9. The van der Waals surface area contributed by atoms with Crippen LogP contribution in [0.3, 0.4) is 0 Å². The Balaban J connectivity index is 1.70. The highest BCUT2D eigenvalue weighted by Gasteiger charge is 2.22. The maximum absolute atomic E-state index is 12.9. The Morgan fingerprint density at radius 3 is 2.40 bits per heavy atom. The Hall–Kier alpha value is -2.22. The molecule has 3 rings (SSSR count). The first kappa shape index (κ1) is 22.5. The highest BCUT2D eigenvalue weighted by molar-refractivity contribution is 8.00. The normalized spacial score (nSPS) is 15.5. The van der Waals surface area contributed by atoms with Crippen molar-refractivity contribution < 1.29 is 14.3 Å². The van der Waals surface area contributed by atoms with E-state index in [1.54, 1.807) is 37.4 Å². The SMILES string of the molecule is COc1ccc(C(=O)N2CCN(C)CC2)cc1NC(=O)C(C)Sc1ccc(Cl)cc1. The number of hydrogen-bond acceptors (Lipinski definition) is 5. The van der Waals surface area contributed by atoms with E-state index in [9.17, 15) is 9.59 Å². The number of methoxy groups -OCH3 is 1. The van der Waals surface area contributed by atoms with E-state index in [2.05, 4.69) is 10.2 Å². The number of rotatable bonds is 6. The van der Waals surface area contributed by atoms with Crippen molar-refractivity contribution in [1.29, 1.82) is 0 Å². The van der Waals surface area contributed by atoms with Gasteiger partial charge in [0.2, 0.25) is 5.91 Å². The number of nitrogens with one attached hydrogen (secondary N) is 1. The van der Waals surface area contributed by atoms with Crippen molar-refractivity contribution in [3.63, 3.8) is 0 Å². The minimum absolute atomic E-state index is 0.0372. The molecule has 8 heteroatoms. The third-order valence-electron chi connectivity index (χ3n) is 4.99. The lowest BCUT2D eigenvalue weighted by atomic mass is 10.1. The zero-order chi connectivity index (χ0) is 21.7. The van der Waals surface area contributed by atoms with Crippen LogP contribution in [0.2, 0.25) is 5.02 Å². The molecule has 2 aromatic rings. The molecule has 2 amide bonds. The Bertz CT molecular complexity index is 899. The molecule has 1 fully saturated rings. The largest absolute Gasteiger partial charge is 0.495 e. The molecule has 0 aliphatic carbocycles. The summed E-state index contributed by atoms with van der Waals surface area (Å²) >= 11 is 7.35. The highest BCUT2D eigenvalue weighted by Crippen LogP contribution is 2.29. The van der Waals surface area contributed by atoms with Crippen LogP contribution in [0.1, 0.15) is 17.3 Å². The van der Waals surface area contributed by atoms with Gasteiger partial charge in [-0.15, -0.1) is 11.8 Å². The smallest absolute Gasteiger partial charge is 0.254 e. The minimum Gasteiger partial charge on any atom is -0.495 e. The zero-order valence-corrected chi connectivity index (χ0v) is 18.9. The molecule has 1 N–H and O–H groups in total. The van der Waals surface area contributed by atoms with Gasteiger partial charge in [0.25, 0.3) is 5.91 Å². The van der Waals surface area contributed by atoms with Gasteiger partial charge in [0, 0.05) is 41.7 Å². The van der Waals surface area contributed by atoms with Crippen molar-refractivity contribution in [3.8, 4) is 5.75 Å². The number of thioether (sulfide) groups is 1. The monoisotopic (exact) mass is 447 g/mol. The summed E-state index contributed by atoms with van der Waals surface area (Å²) in [6.45, 7) is 4.92. The van der Waals surface area contributed by atoms with Gasteiger partial charge in [-0.2, -0.15) is 0 Å². The molecule has 0 radical (unpaired) electrons. The van der Waals surface area contributed by atoms with E-state index in [1.807, 2.05) is 31.0 Å². The number of anilines is 1. The molecular weight excluding hydrogens is 422 g/mol. The van der Waals surface area contributed by atoms with Crippen LogP contribution in [-0.4, -0.2) is 67.2 Å². The van der Waals surface area contributed by atoms with E-state index < -0.39 is 0 Å². The van der Waals surface area contributed by atoms with E-state index in [0.29, 0.717) is 35.1 Å². The molecule has 1 aliphatic heterocycles. The fraction of sp³-hybridized carbons (Fsp3) is 0.364. The molecule has 1 atom stereocenters. The van der Waals surface area contributed by atoms with Crippen LogP contribution >= 0.6 is 23.4 Å². The van der Waals surface area contributed by atoms with Crippen LogP contribution in [0, 0.1) is 0 Å². The molecule has 0 bridgehead atoms. The van der Waals surface area contributed by atoms with Gasteiger partial charge >= 0.3 is 0 Å². The molecule has 0 aromatic heterocycles. The van der Waals surface area contributed by atoms with Crippen molar-refractivity contribution in [2.24, 2.45) is 0 Å². The molecule has 0 saturated carbocycles. The number of piperazine rings is 1. The molecule has 30 heavy (non-hydrogen) atoms. The maximum Gasteiger partial charge on any atom is 0.254 e. The van der Waals surface area contributed by atoms with Gasteiger partial charge in [0.15, 0.2) is 0 Å². The summed E-state index contributed by atoms with van der Waals surface area (Å²) in [4.78, 5) is 30.6. The zero-order valence-electron chi connectivity index (χ0n) is 17.4. The van der Waals surface area contributed by atoms with E-state index in [-0.39, 0.29) is 17.1 Å². The second-order valence-corrected chi connectivity index (χ2v) is 9.06. The first-order valence-electron chi connectivity index (χ1n) is 9.76. The summed E-state index contributed by atoms with van der Waals surface area (Å²) in [7, 11) is 3.59. The molecule has 0 spiro atoms. The molecule has 1 saturated heterocycles. The number of ether oxygens (including phenoxy) is 1. The van der Waals surface area contributed by atoms with Crippen LogP contribution in [0.4, 0.5) is 5.69 Å². The Kier molecular flexibility index (Phi) is 7.64. The average Bonchev–Trinajstić information content (AvgIpc) is 2.75. The number of amides is 2. The van der Waals surface area contributed by atoms with Crippen LogP contribution in [0.15, 0.2) is 47.4 Å². The lowest BCUT2D eigenvalue weighted by Crippen LogP contribution is -2.47. The third kappa shape index (κ3) is 5.68. The number of likely N-dealkylation sites (N-methyl/N-ethyl adjacent to an activating group) is 1. The second kappa shape index (κ2) is 10.2. The fourth-order valence-corrected chi connectivity index (χ4v) is 4.13. The minimum atomic E-state index is -0.340. The first-order chi connectivity index (χ1) is 14.4. The van der Waals surface area contributed by atoms with Gasteiger partial charge in [-0.25, -0.2) is 0 Å². The van der Waals surface area contributed by atoms with Gasteiger partial charge < -0.3 is 19.9 Å². The van der Waals surface area contributed by atoms with E-state index in [0.717, 1.165) is 18.0 Å². The summed E-state index contributed by atoms with van der Waals surface area (Å²) in [6, 6.07) is 12.5. The second-order valence-electron chi connectivity index (χ2n) is 7.21. The summed E-state index contributed by atoms with van der Waals surface area (Å²) in [6.07, 6.45) is 0. The number of carbonyl (C=O) groups excluding carboxylic acids is 2. The number of carbonyl (C=O) groups is 2. The fourth-order valence-electron chi connectivity index (χ4n) is 3.14. The van der Waals surface area contributed by atoms with Crippen molar-refractivity contribution in [2.45, 2.75) is 17.1 Å². The summed E-state index contributed by atoms with van der Waals surface area (Å²) < 4.78 is 5.38.